The van der Waals surface area contributed by atoms with Crippen LogP contribution in [0.25, 0.3) is 10.9 Å². The molecule has 0 fully saturated rings. The van der Waals surface area contributed by atoms with Crippen molar-refractivity contribution in [3.8, 4) is 5.88 Å². The first-order valence-electron chi connectivity index (χ1n) is 4.45. The zero-order valence-electron chi connectivity index (χ0n) is 8.20. The molecule has 0 amide bonds. The molecule has 0 aliphatic heterocycles. The fraction of sp³-hybridized carbons (Fsp3) is 0.200. The third kappa shape index (κ3) is 1.61. The summed E-state index contributed by atoms with van der Waals surface area (Å²) in [6, 6.07) is 4.64. The Morgan fingerprint density at radius 3 is 2.87 bits per heavy atom. The van der Waals surface area contributed by atoms with Gasteiger partial charge in [-0.2, -0.15) is 4.98 Å². The van der Waals surface area contributed by atoms with Crippen LogP contribution in [0.2, 0.25) is 0 Å². The van der Waals surface area contributed by atoms with Crippen LogP contribution >= 0.6 is 0 Å². The number of nitrogens with zero attached hydrogens (tertiary/aromatic N) is 2. The van der Waals surface area contributed by atoms with E-state index in [2.05, 4.69) is 9.97 Å². The van der Waals surface area contributed by atoms with Gasteiger partial charge in [0.05, 0.1) is 19.0 Å². The number of aromatic nitrogens is 2. The van der Waals surface area contributed by atoms with E-state index in [1.165, 1.54) is 13.2 Å². The number of hydrogen-bond donors (Lipinski definition) is 1. The van der Waals surface area contributed by atoms with Gasteiger partial charge in [0, 0.05) is 0 Å². The van der Waals surface area contributed by atoms with Crippen LogP contribution in [0, 0.1) is 5.82 Å². The Hall–Kier alpha value is -1.75. The molecule has 0 saturated heterocycles. The van der Waals surface area contributed by atoms with Gasteiger partial charge in [0.2, 0.25) is 5.88 Å². The van der Waals surface area contributed by atoms with E-state index in [9.17, 15) is 4.39 Å². The fourth-order valence-corrected chi connectivity index (χ4v) is 1.38. The molecule has 1 aromatic heterocycles. The molecule has 2 aromatic rings. The topological polar surface area (TPSA) is 61.0 Å². The molecule has 2 rings (SSSR count). The molecule has 78 valence electrons. The molecule has 4 nitrogen and oxygen atoms in total. The SMILES string of the molecule is COc1nc(CN)nc2c(F)cccc12. The van der Waals surface area contributed by atoms with Gasteiger partial charge in [0.15, 0.2) is 0 Å². The van der Waals surface area contributed by atoms with Crippen LogP contribution in [-0.2, 0) is 6.54 Å². The summed E-state index contributed by atoms with van der Waals surface area (Å²) in [5.41, 5.74) is 5.65. The lowest BCUT2D eigenvalue weighted by atomic mass is 10.2. The Morgan fingerprint density at radius 2 is 2.20 bits per heavy atom. The third-order valence-corrected chi connectivity index (χ3v) is 2.06. The molecular weight excluding hydrogens is 197 g/mol. The van der Waals surface area contributed by atoms with E-state index in [0.717, 1.165) is 0 Å². The van der Waals surface area contributed by atoms with Crippen molar-refractivity contribution in [1.82, 2.24) is 9.97 Å². The minimum atomic E-state index is -0.400. The number of ether oxygens (including phenoxy) is 1. The predicted molar refractivity (Wildman–Crippen MR) is 53.9 cm³/mol. The summed E-state index contributed by atoms with van der Waals surface area (Å²) in [5, 5.41) is 0.551. The molecular formula is C10H10FN3O. The van der Waals surface area contributed by atoms with Crippen LogP contribution in [0.5, 0.6) is 5.88 Å². The monoisotopic (exact) mass is 207 g/mol. The lowest BCUT2D eigenvalue weighted by molar-refractivity contribution is 0.400. The molecule has 0 aliphatic carbocycles. The number of benzene rings is 1. The Morgan fingerprint density at radius 1 is 1.40 bits per heavy atom. The second-order valence-electron chi connectivity index (χ2n) is 2.99. The first-order chi connectivity index (χ1) is 7.26. The quantitative estimate of drug-likeness (QED) is 0.804. The van der Waals surface area contributed by atoms with Gasteiger partial charge in [0.1, 0.15) is 17.2 Å². The minimum Gasteiger partial charge on any atom is -0.480 e. The van der Waals surface area contributed by atoms with E-state index in [4.69, 9.17) is 10.5 Å². The van der Waals surface area contributed by atoms with Gasteiger partial charge in [-0.15, -0.1) is 0 Å². The highest BCUT2D eigenvalue weighted by Crippen LogP contribution is 2.23. The standard InChI is InChI=1S/C10H10FN3O/c1-15-10-6-3-2-4-7(11)9(6)13-8(5-12)14-10/h2-4H,5,12H2,1H3. The maximum absolute atomic E-state index is 13.4. The first-order valence-corrected chi connectivity index (χ1v) is 4.45. The summed E-state index contributed by atoms with van der Waals surface area (Å²) in [6.07, 6.45) is 0. The van der Waals surface area contributed by atoms with Crippen LogP contribution in [0.15, 0.2) is 18.2 Å². The van der Waals surface area contributed by atoms with Crippen molar-refractivity contribution in [2.24, 2.45) is 5.73 Å². The summed E-state index contributed by atoms with van der Waals surface area (Å²) >= 11 is 0. The Balaban J connectivity index is 2.80. The van der Waals surface area contributed by atoms with Crippen molar-refractivity contribution in [2.75, 3.05) is 7.11 Å². The molecule has 0 aliphatic rings. The zero-order chi connectivity index (χ0) is 10.8. The smallest absolute Gasteiger partial charge is 0.224 e. The molecule has 0 unspecified atom stereocenters. The molecule has 2 N–H and O–H groups in total. The fourth-order valence-electron chi connectivity index (χ4n) is 1.38. The lowest BCUT2D eigenvalue weighted by Crippen LogP contribution is -2.05. The summed E-state index contributed by atoms with van der Waals surface area (Å²) < 4.78 is 18.5. The molecule has 1 aromatic carbocycles. The number of methoxy groups -OCH3 is 1. The molecule has 5 heteroatoms. The highest BCUT2D eigenvalue weighted by molar-refractivity contribution is 5.83. The normalized spacial score (nSPS) is 10.6. The number of halogens is 1. The van der Waals surface area contributed by atoms with Crippen LogP contribution in [0.4, 0.5) is 4.39 Å². The highest BCUT2D eigenvalue weighted by Gasteiger charge is 2.10. The molecule has 1 heterocycles. The number of rotatable bonds is 2. The van der Waals surface area contributed by atoms with Gasteiger partial charge in [-0.1, -0.05) is 6.07 Å². The third-order valence-electron chi connectivity index (χ3n) is 2.06. The van der Waals surface area contributed by atoms with Gasteiger partial charge < -0.3 is 10.5 Å². The number of hydrogen-bond acceptors (Lipinski definition) is 4. The molecule has 0 radical (unpaired) electrons. The number of para-hydroxylation sites is 1. The Kier molecular flexibility index (Phi) is 2.47. The maximum atomic E-state index is 13.4. The van der Waals surface area contributed by atoms with Crippen molar-refractivity contribution >= 4 is 10.9 Å². The summed E-state index contributed by atoms with van der Waals surface area (Å²) in [4.78, 5) is 8.06. The van der Waals surface area contributed by atoms with Crippen LogP contribution in [-0.4, -0.2) is 17.1 Å². The van der Waals surface area contributed by atoms with Gasteiger partial charge in [-0.3, -0.25) is 0 Å². The molecule has 15 heavy (non-hydrogen) atoms. The van der Waals surface area contributed by atoms with Crippen molar-refractivity contribution < 1.29 is 9.13 Å². The van der Waals surface area contributed by atoms with E-state index >= 15 is 0 Å². The minimum absolute atomic E-state index is 0.153. The molecule has 0 bridgehead atoms. The van der Waals surface area contributed by atoms with Gasteiger partial charge in [-0.05, 0) is 12.1 Å². The maximum Gasteiger partial charge on any atom is 0.224 e. The average Bonchev–Trinajstić information content (AvgIpc) is 2.28. The van der Waals surface area contributed by atoms with Crippen molar-refractivity contribution in [3.05, 3.63) is 29.8 Å². The lowest BCUT2D eigenvalue weighted by Gasteiger charge is -2.06. The van der Waals surface area contributed by atoms with Crippen LogP contribution in [0.3, 0.4) is 0 Å². The Bertz CT molecular complexity index is 501. The average molecular weight is 207 g/mol. The largest absolute Gasteiger partial charge is 0.480 e. The molecule has 0 saturated carbocycles. The summed E-state index contributed by atoms with van der Waals surface area (Å²) in [5.74, 6) is 0.312. The second-order valence-corrected chi connectivity index (χ2v) is 2.99. The van der Waals surface area contributed by atoms with E-state index in [-0.39, 0.29) is 12.1 Å². The van der Waals surface area contributed by atoms with Crippen LogP contribution < -0.4 is 10.5 Å². The van der Waals surface area contributed by atoms with E-state index in [1.807, 2.05) is 0 Å². The van der Waals surface area contributed by atoms with Crippen molar-refractivity contribution in [3.63, 3.8) is 0 Å². The van der Waals surface area contributed by atoms with E-state index in [1.54, 1.807) is 12.1 Å². The van der Waals surface area contributed by atoms with Gasteiger partial charge >= 0.3 is 0 Å². The Labute approximate surface area is 85.9 Å². The van der Waals surface area contributed by atoms with E-state index < -0.39 is 5.82 Å². The molecule has 0 atom stereocenters. The van der Waals surface area contributed by atoms with Crippen molar-refractivity contribution in [1.29, 1.82) is 0 Å². The predicted octanol–water partition coefficient (Wildman–Crippen LogP) is 1.24. The van der Waals surface area contributed by atoms with Gasteiger partial charge in [0.25, 0.3) is 0 Å². The summed E-state index contributed by atoms with van der Waals surface area (Å²) in [7, 11) is 1.48. The van der Waals surface area contributed by atoms with Crippen LogP contribution in [0.1, 0.15) is 5.82 Å². The number of fused-ring (bicyclic) bond motifs is 1. The van der Waals surface area contributed by atoms with Crippen molar-refractivity contribution in [2.45, 2.75) is 6.54 Å². The first kappa shape index (κ1) is 9.79. The molecule has 0 spiro atoms. The summed E-state index contributed by atoms with van der Waals surface area (Å²) in [6.45, 7) is 0.153. The second kappa shape index (κ2) is 3.78. The van der Waals surface area contributed by atoms with Gasteiger partial charge in [-0.25, -0.2) is 9.37 Å². The van der Waals surface area contributed by atoms with E-state index in [0.29, 0.717) is 17.1 Å². The highest BCUT2D eigenvalue weighted by atomic mass is 19.1. The zero-order valence-corrected chi connectivity index (χ0v) is 8.20. The number of nitrogens with two attached hydrogens (primary N) is 1.